The molecule has 4 aromatic rings. The van der Waals surface area contributed by atoms with E-state index in [-0.39, 0.29) is 18.0 Å². The molecule has 1 atom stereocenters. The van der Waals surface area contributed by atoms with Crippen molar-refractivity contribution in [2.45, 2.75) is 31.8 Å². The lowest BCUT2D eigenvalue weighted by Crippen LogP contribution is -2.45. The molecule has 6 rings (SSSR count). The number of rotatable bonds is 5. The average molecular weight is 544 g/mol. The molecule has 1 amide bonds. The van der Waals surface area contributed by atoms with Gasteiger partial charge in [-0.15, -0.1) is 5.10 Å². The predicted molar refractivity (Wildman–Crippen MR) is 145 cm³/mol. The number of nitrogens with one attached hydrogen (secondary N) is 1. The maximum absolute atomic E-state index is 14.2. The number of ether oxygens (including phenoxy) is 2. The van der Waals surface area contributed by atoms with Gasteiger partial charge in [0.1, 0.15) is 29.7 Å². The van der Waals surface area contributed by atoms with Crippen molar-refractivity contribution >= 4 is 11.6 Å². The van der Waals surface area contributed by atoms with Crippen LogP contribution in [0.5, 0.6) is 11.6 Å². The minimum atomic E-state index is -0.696. The van der Waals surface area contributed by atoms with Gasteiger partial charge in [0.05, 0.1) is 18.8 Å². The van der Waals surface area contributed by atoms with Gasteiger partial charge in [0.25, 0.3) is 5.91 Å². The summed E-state index contributed by atoms with van der Waals surface area (Å²) in [7, 11) is 1.50. The second-order valence-corrected chi connectivity index (χ2v) is 9.84. The van der Waals surface area contributed by atoms with Crippen LogP contribution in [0.3, 0.4) is 0 Å². The molecule has 10 heteroatoms. The molecule has 4 heterocycles. The van der Waals surface area contributed by atoms with Crippen molar-refractivity contribution in [1.82, 2.24) is 24.8 Å². The third-order valence-corrected chi connectivity index (χ3v) is 7.32. The molecule has 2 aliphatic rings. The number of fused-ring (bicyclic) bond motifs is 2. The number of halogens is 2. The van der Waals surface area contributed by atoms with Gasteiger partial charge < -0.3 is 19.7 Å². The summed E-state index contributed by atoms with van der Waals surface area (Å²) in [4.78, 5) is 18.6. The highest BCUT2D eigenvalue weighted by atomic mass is 19.1. The summed E-state index contributed by atoms with van der Waals surface area (Å²) in [6.07, 6.45) is 1.68. The van der Waals surface area contributed by atoms with E-state index in [0.29, 0.717) is 48.2 Å². The van der Waals surface area contributed by atoms with Gasteiger partial charge in [-0.1, -0.05) is 18.1 Å². The van der Waals surface area contributed by atoms with Crippen molar-refractivity contribution in [3.05, 3.63) is 65.7 Å². The first-order chi connectivity index (χ1) is 19.4. The van der Waals surface area contributed by atoms with Crippen LogP contribution in [0.25, 0.3) is 28.2 Å². The summed E-state index contributed by atoms with van der Waals surface area (Å²) < 4.78 is 41.4. The van der Waals surface area contributed by atoms with Gasteiger partial charge in [-0.3, -0.25) is 4.79 Å². The van der Waals surface area contributed by atoms with Crippen molar-refractivity contribution in [2.75, 3.05) is 26.8 Å². The summed E-state index contributed by atoms with van der Waals surface area (Å²) in [5.74, 6) is 4.83. The van der Waals surface area contributed by atoms with Gasteiger partial charge >= 0.3 is 0 Å². The first kappa shape index (κ1) is 25.8. The third kappa shape index (κ3) is 4.84. The van der Waals surface area contributed by atoms with Gasteiger partial charge in [0.2, 0.25) is 5.88 Å². The van der Waals surface area contributed by atoms with E-state index in [1.54, 1.807) is 24.0 Å². The largest absolute Gasteiger partial charge is 0.491 e. The molecule has 2 aromatic carbocycles. The van der Waals surface area contributed by atoms with Crippen molar-refractivity contribution in [3.8, 4) is 46.0 Å². The number of amides is 1. The van der Waals surface area contributed by atoms with Crippen molar-refractivity contribution < 1.29 is 23.0 Å². The molecule has 0 bridgehead atoms. The van der Waals surface area contributed by atoms with Gasteiger partial charge in [0, 0.05) is 48.0 Å². The Kier molecular flexibility index (Phi) is 6.82. The molecule has 40 heavy (non-hydrogen) atoms. The zero-order chi connectivity index (χ0) is 27.8. The highest BCUT2D eigenvalue weighted by Gasteiger charge is 2.30. The normalized spacial score (nSPS) is 16.8. The SMILES string of the molecule is CC#CC(=O)N1CCC(N[C@H]2COc3cc(-c4nc5ccc(OC)nn5c4-c4cc(F)cc(F)c4)ccc32)CC1. The number of imidazole rings is 1. The number of carbonyl (C=O) groups is 1. The second kappa shape index (κ2) is 10.6. The smallest absolute Gasteiger partial charge is 0.298 e. The number of aromatic nitrogens is 3. The van der Waals surface area contributed by atoms with Gasteiger partial charge in [-0.2, -0.15) is 0 Å². The number of piperidine rings is 1. The number of likely N-dealkylation sites (tertiary alicyclic amines) is 1. The Morgan fingerprint density at radius 3 is 2.58 bits per heavy atom. The van der Waals surface area contributed by atoms with E-state index < -0.39 is 11.6 Å². The van der Waals surface area contributed by atoms with Crippen LogP contribution >= 0.6 is 0 Å². The van der Waals surface area contributed by atoms with E-state index in [0.717, 1.165) is 35.8 Å². The summed E-state index contributed by atoms with van der Waals surface area (Å²) in [5, 5.41) is 8.15. The highest BCUT2D eigenvalue weighted by Crippen LogP contribution is 2.40. The minimum absolute atomic E-state index is 0.00974. The monoisotopic (exact) mass is 543 g/mol. The van der Waals surface area contributed by atoms with Crippen molar-refractivity contribution in [1.29, 1.82) is 0 Å². The van der Waals surface area contributed by atoms with Crippen molar-refractivity contribution in [3.63, 3.8) is 0 Å². The summed E-state index contributed by atoms with van der Waals surface area (Å²) >= 11 is 0. The number of hydrogen-bond acceptors (Lipinski definition) is 6. The van der Waals surface area contributed by atoms with Crippen LogP contribution < -0.4 is 14.8 Å². The van der Waals surface area contributed by atoms with Crippen LogP contribution in [0.2, 0.25) is 0 Å². The fourth-order valence-corrected chi connectivity index (χ4v) is 5.39. The quantitative estimate of drug-likeness (QED) is 0.376. The molecule has 8 nitrogen and oxygen atoms in total. The number of hydrogen-bond donors (Lipinski definition) is 1. The molecular weight excluding hydrogens is 516 g/mol. The fourth-order valence-electron chi connectivity index (χ4n) is 5.39. The lowest BCUT2D eigenvalue weighted by Gasteiger charge is -2.32. The van der Waals surface area contributed by atoms with Gasteiger partial charge in [-0.25, -0.2) is 18.3 Å². The molecule has 1 fully saturated rings. The second-order valence-electron chi connectivity index (χ2n) is 9.84. The molecule has 2 aliphatic heterocycles. The molecule has 2 aromatic heterocycles. The minimum Gasteiger partial charge on any atom is -0.491 e. The van der Waals surface area contributed by atoms with E-state index in [1.807, 2.05) is 18.2 Å². The van der Waals surface area contributed by atoms with Crippen LogP contribution in [0.4, 0.5) is 8.78 Å². The van der Waals surface area contributed by atoms with E-state index in [4.69, 9.17) is 14.5 Å². The third-order valence-electron chi connectivity index (χ3n) is 7.32. The van der Waals surface area contributed by atoms with Crippen LogP contribution in [-0.2, 0) is 4.79 Å². The van der Waals surface area contributed by atoms with E-state index in [1.165, 1.54) is 23.8 Å². The molecule has 204 valence electrons. The summed E-state index contributed by atoms with van der Waals surface area (Å²) in [5.41, 5.74) is 3.52. The Bertz CT molecular complexity index is 1650. The molecule has 0 saturated carbocycles. The van der Waals surface area contributed by atoms with Crippen LogP contribution in [0.15, 0.2) is 48.5 Å². The average Bonchev–Trinajstić information content (AvgIpc) is 3.53. The lowest BCUT2D eigenvalue weighted by atomic mass is 9.99. The lowest BCUT2D eigenvalue weighted by molar-refractivity contribution is -0.126. The predicted octanol–water partition coefficient (Wildman–Crippen LogP) is 4.39. The Balaban J connectivity index is 1.29. The van der Waals surface area contributed by atoms with Gasteiger partial charge in [-0.05, 0) is 50.0 Å². The molecule has 1 N–H and O–H groups in total. The Morgan fingerprint density at radius 1 is 1.07 bits per heavy atom. The zero-order valence-corrected chi connectivity index (χ0v) is 22.1. The first-order valence-corrected chi connectivity index (χ1v) is 13.1. The van der Waals surface area contributed by atoms with Crippen LogP contribution in [-0.4, -0.2) is 58.3 Å². The Morgan fingerprint density at radius 2 is 1.85 bits per heavy atom. The topological polar surface area (TPSA) is 81.0 Å². The van der Waals surface area contributed by atoms with E-state index in [9.17, 15) is 13.6 Å². The maximum Gasteiger partial charge on any atom is 0.298 e. The number of benzene rings is 2. The highest BCUT2D eigenvalue weighted by molar-refractivity contribution is 5.93. The maximum atomic E-state index is 14.2. The summed E-state index contributed by atoms with van der Waals surface area (Å²) in [6, 6.07) is 12.9. The number of carbonyl (C=O) groups excluding carboxylic acids is 1. The molecule has 0 aliphatic carbocycles. The number of methoxy groups -OCH3 is 1. The molecule has 0 unspecified atom stereocenters. The molecule has 0 spiro atoms. The number of nitrogens with zero attached hydrogens (tertiary/aromatic N) is 4. The van der Waals surface area contributed by atoms with Crippen molar-refractivity contribution in [2.24, 2.45) is 0 Å². The first-order valence-electron chi connectivity index (χ1n) is 13.1. The Hall–Kier alpha value is -4.49. The zero-order valence-electron chi connectivity index (χ0n) is 22.1. The Labute approximate surface area is 229 Å². The molecular formula is C30H27F2N5O3. The fraction of sp³-hybridized carbons (Fsp3) is 0.300. The summed E-state index contributed by atoms with van der Waals surface area (Å²) in [6.45, 7) is 3.48. The molecule has 1 saturated heterocycles. The van der Waals surface area contributed by atoms with Crippen LogP contribution in [0.1, 0.15) is 31.4 Å². The molecule has 0 radical (unpaired) electrons. The standard InChI is InChI=1S/C30H27F2N5O3/c1-3-4-28(38)36-11-9-22(10-12-36)33-24-17-40-25-15-18(5-6-23(24)25)29-30(19-13-20(31)16-21(32)14-19)37-26(34-29)7-8-27(35-37)39-2/h5-8,13-16,22,24,33H,9-12,17H2,1-2H3/t24-/m0/s1. The van der Waals surface area contributed by atoms with E-state index >= 15 is 0 Å². The van der Waals surface area contributed by atoms with Gasteiger partial charge in [0.15, 0.2) is 5.65 Å². The van der Waals surface area contributed by atoms with E-state index in [2.05, 4.69) is 22.3 Å². The van der Waals surface area contributed by atoms with Crippen LogP contribution in [0, 0.1) is 23.5 Å².